The molecule has 0 amide bonds. The highest BCUT2D eigenvalue weighted by Gasteiger charge is 2.30. The Balaban J connectivity index is 2.03. The van der Waals surface area contributed by atoms with Crippen molar-refractivity contribution in [3.63, 3.8) is 0 Å². The third kappa shape index (κ3) is 4.23. The van der Waals surface area contributed by atoms with Crippen LogP contribution < -0.4 is 5.32 Å². The third-order valence-electron chi connectivity index (χ3n) is 4.05. The van der Waals surface area contributed by atoms with E-state index in [2.05, 4.69) is 5.32 Å². The Morgan fingerprint density at radius 3 is 2.35 bits per heavy atom. The van der Waals surface area contributed by atoms with Crippen LogP contribution in [-0.4, -0.2) is 6.04 Å². The van der Waals surface area contributed by atoms with Crippen molar-refractivity contribution >= 4 is 0 Å². The van der Waals surface area contributed by atoms with E-state index in [9.17, 15) is 13.2 Å². The van der Waals surface area contributed by atoms with Gasteiger partial charge in [0.05, 0.1) is 5.56 Å². The van der Waals surface area contributed by atoms with Gasteiger partial charge in [-0.2, -0.15) is 13.2 Å². The van der Waals surface area contributed by atoms with Crippen molar-refractivity contribution in [2.75, 3.05) is 0 Å². The van der Waals surface area contributed by atoms with E-state index in [1.54, 1.807) is 6.07 Å². The summed E-state index contributed by atoms with van der Waals surface area (Å²) in [6.07, 6.45) is 2.97. The van der Waals surface area contributed by atoms with Crippen LogP contribution in [0, 0.1) is 0 Å². The van der Waals surface area contributed by atoms with Crippen molar-refractivity contribution in [1.29, 1.82) is 0 Å². The van der Waals surface area contributed by atoms with Gasteiger partial charge in [-0.3, -0.25) is 0 Å². The molecule has 112 valence electrons. The van der Waals surface area contributed by atoms with Gasteiger partial charge in [-0.25, -0.2) is 0 Å². The van der Waals surface area contributed by atoms with Crippen LogP contribution in [0.4, 0.5) is 13.2 Å². The molecule has 1 N–H and O–H groups in total. The summed E-state index contributed by atoms with van der Waals surface area (Å²) in [6, 6.07) is 6.03. The van der Waals surface area contributed by atoms with E-state index in [-0.39, 0.29) is 6.04 Å². The van der Waals surface area contributed by atoms with E-state index in [1.807, 2.05) is 6.92 Å². The average molecular weight is 285 g/mol. The minimum absolute atomic E-state index is 0.0413. The molecule has 4 heteroatoms. The van der Waals surface area contributed by atoms with Crippen LogP contribution in [0.2, 0.25) is 0 Å². The molecule has 0 bridgehead atoms. The van der Waals surface area contributed by atoms with Crippen molar-refractivity contribution in [3.05, 3.63) is 35.4 Å². The molecule has 1 aromatic carbocycles. The Morgan fingerprint density at radius 2 is 1.75 bits per heavy atom. The number of hydrogen-bond acceptors (Lipinski definition) is 1. The van der Waals surface area contributed by atoms with Gasteiger partial charge in [0.15, 0.2) is 0 Å². The predicted octanol–water partition coefficient (Wildman–Crippen LogP) is 5.08. The summed E-state index contributed by atoms with van der Waals surface area (Å²) in [4.78, 5) is 0. The summed E-state index contributed by atoms with van der Waals surface area (Å²) in [5.74, 6) is 0. The number of benzene rings is 1. The number of halogens is 3. The summed E-state index contributed by atoms with van der Waals surface area (Å²) < 4.78 is 38.2. The maximum atomic E-state index is 12.7. The van der Waals surface area contributed by atoms with Crippen molar-refractivity contribution in [3.8, 4) is 0 Å². The Labute approximate surface area is 118 Å². The van der Waals surface area contributed by atoms with E-state index < -0.39 is 11.7 Å². The van der Waals surface area contributed by atoms with Gasteiger partial charge in [0.1, 0.15) is 0 Å². The van der Waals surface area contributed by atoms with Gasteiger partial charge in [-0.05, 0) is 37.5 Å². The molecule has 1 nitrogen and oxygen atoms in total. The topological polar surface area (TPSA) is 12.0 Å². The molecule has 2 rings (SSSR count). The highest BCUT2D eigenvalue weighted by atomic mass is 19.4. The minimum atomic E-state index is -4.27. The number of alkyl halides is 3. The molecule has 1 aromatic rings. The van der Waals surface area contributed by atoms with E-state index in [4.69, 9.17) is 0 Å². The van der Waals surface area contributed by atoms with E-state index >= 15 is 0 Å². The molecule has 1 aliphatic rings. The van der Waals surface area contributed by atoms with Crippen molar-refractivity contribution < 1.29 is 13.2 Å². The maximum Gasteiger partial charge on any atom is 0.416 e. The fourth-order valence-corrected chi connectivity index (χ4v) is 2.88. The summed E-state index contributed by atoms with van der Waals surface area (Å²) >= 11 is 0. The van der Waals surface area contributed by atoms with Gasteiger partial charge < -0.3 is 5.32 Å². The first-order valence-corrected chi connectivity index (χ1v) is 7.40. The molecule has 0 aliphatic heterocycles. The van der Waals surface area contributed by atoms with Crippen LogP contribution in [-0.2, 0) is 6.18 Å². The first kappa shape index (κ1) is 15.4. The lowest BCUT2D eigenvalue weighted by atomic mass is 10.0. The lowest BCUT2D eigenvalue weighted by Crippen LogP contribution is -2.31. The van der Waals surface area contributed by atoms with Gasteiger partial charge in [0, 0.05) is 12.1 Å². The second kappa shape index (κ2) is 6.61. The monoisotopic (exact) mass is 285 g/mol. The Morgan fingerprint density at radius 1 is 1.10 bits per heavy atom. The van der Waals surface area contributed by atoms with Crippen molar-refractivity contribution in [2.45, 2.75) is 63.7 Å². The van der Waals surface area contributed by atoms with Crippen LogP contribution in [0.1, 0.15) is 62.6 Å². The molecule has 1 unspecified atom stereocenters. The summed E-state index contributed by atoms with van der Waals surface area (Å²) in [7, 11) is 0. The van der Waals surface area contributed by atoms with Crippen molar-refractivity contribution in [2.24, 2.45) is 0 Å². The van der Waals surface area contributed by atoms with Crippen LogP contribution in [0.5, 0.6) is 0 Å². The van der Waals surface area contributed by atoms with E-state index in [0.717, 1.165) is 18.9 Å². The zero-order valence-corrected chi connectivity index (χ0v) is 11.8. The predicted molar refractivity (Wildman–Crippen MR) is 74.5 cm³/mol. The minimum Gasteiger partial charge on any atom is -0.307 e. The first-order chi connectivity index (χ1) is 9.47. The SMILES string of the molecule is CC(NC1CCCCCC1)c1cccc(C(F)(F)F)c1. The molecule has 0 radical (unpaired) electrons. The van der Waals surface area contributed by atoms with Crippen LogP contribution >= 0.6 is 0 Å². The molecule has 20 heavy (non-hydrogen) atoms. The maximum absolute atomic E-state index is 12.7. The number of hydrogen-bond donors (Lipinski definition) is 1. The molecule has 1 aliphatic carbocycles. The zero-order valence-electron chi connectivity index (χ0n) is 11.8. The third-order valence-corrected chi connectivity index (χ3v) is 4.05. The smallest absolute Gasteiger partial charge is 0.307 e. The lowest BCUT2D eigenvalue weighted by molar-refractivity contribution is -0.137. The Hall–Kier alpha value is -1.03. The molecule has 1 fully saturated rings. The van der Waals surface area contributed by atoms with Crippen LogP contribution in [0.15, 0.2) is 24.3 Å². The second-order valence-electron chi connectivity index (χ2n) is 5.70. The summed E-state index contributed by atoms with van der Waals surface area (Å²) in [5.41, 5.74) is 0.147. The summed E-state index contributed by atoms with van der Waals surface area (Å²) in [6.45, 7) is 1.94. The Kier molecular flexibility index (Phi) is 5.08. The molecular formula is C16H22F3N. The van der Waals surface area contributed by atoms with Gasteiger partial charge in [0.2, 0.25) is 0 Å². The van der Waals surface area contributed by atoms with Gasteiger partial charge >= 0.3 is 6.18 Å². The molecule has 1 atom stereocenters. The average Bonchev–Trinajstić information content (AvgIpc) is 2.66. The van der Waals surface area contributed by atoms with Crippen LogP contribution in [0.25, 0.3) is 0 Å². The fourth-order valence-electron chi connectivity index (χ4n) is 2.88. The standard InChI is InChI=1S/C16H22F3N/c1-12(20-15-9-4-2-3-5-10-15)13-7-6-8-14(11-13)16(17,18)19/h6-8,11-12,15,20H,2-5,9-10H2,1H3. The highest BCUT2D eigenvalue weighted by Crippen LogP contribution is 2.31. The molecule has 0 aromatic heterocycles. The molecule has 0 spiro atoms. The Bertz CT molecular complexity index is 420. The van der Waals surface area contributed by atoms with Crippen molar-refractivity contribution in [1.82, 2.24) is 5.32 Å². The van der Waals surface area contributed by atoms with Gasteiger partial charge in [-0.15, -0.1) is 0 Å². The fraction of sp³-hybridized carbons (Fsp3) is 0.625. The largest absolute Gasteiger partial charge is 0.416 e. The van der Waals surface area contributed by atoms with Gasteiger partial charge in [-0.1, -0.05) is 37.8 Å². The zero-order chi connectivity index (χ0) is 14.6. The van der Waals surface area contributed by atoms with E-state index in [1.165, 1.54) is 37.8 Å². The van der Waals surface area contributed by atoms with Gasteiger partial charge in [0.25, 0.3) is 0 Å². The van der Waals surface area contributed by atoms with E-state index in [0.29, 0.717) is 11.6 Å². The molecular weight excluding hydrogens is 263 g/mol. The molecule has 0 saturated heterocycles. The highest BCUT2D eigenvalue weighted by molar-refractivity contribution is 5.27. The van der Waals surface area contributed by atoms with Crippen LogP contribution in [0.3, 0.4) is 0 Å². The quantitative estimate of drug-likeness (QED) is 0.764. The molecule has 1 saturated carbocycles. The number of rotatable bonds is 3. The second-order valence-corrected chi connectivity index (χ2v) is 5.70. The first-order valence-electron chi connectivity index (χ1n) is 7.40. The lowest BCUT2D eigenvalue weighted by Gasteiger charge is -2.23. The molecule has 0 heterocycles. The summed E-state index contributed by atoms with van der Waals surface area (Å²) in [5, 5.41) is 3.49. The number of nitrogens with one attached hydrogen (secondary N) is 1. The normalized spacial score (nSPS) is 19.6.